The van der Waals surface area contributed by atoms with Gasteiger partial charge in [0.25, 0.3) is 0 Å². The van der Waals surface area contributed by atoms with Crippen LogP contribution in [0.2, 0.25) is 0 Å². The number of hydrogen-bond acceptors (Lipinski definition) is 2. The largest absolute Gasteiger partial charge is 0.480 e. The van der Waals surface area contributed by atoms with E-state index in [9.17, 15) is 9.59 Å². The topological polar surface area (TPSA) is 57.6 Å². The van der Waals surface area contributed by atoms with E-state index in [0.717, 1.165) is 12.8 Å². The van der Waals surface area contributed by atoms with Gasteiger partial charge in [-0.1, -0.05) is 110 Å². The van der Waals surface area contributed by atoms with Crippen molar-refractivity contribution in [2.45, 2.75) is 122 Å². The number of nitrogens with zero attached hydrogens (tertiary/aromatic N) is 1. The first-order valence-electron chi connectivity index (χ1n) is 11.5. The summed E-state index contributed by atoms with van der Waals surface area (Å²) < 4.78 is 0. The Morgan fingerprint density at radius 2 is 0.963 bits per heavy atom. The van der Waals surface area contributed by atoms with Gasteiger partial charge in [-0.05, 0) is 6.42 Å². The summed E-state index contributed by atoms with van der Waals surface area (Å²) in [5, 5.41) is 8.66. The van der Waals surface area contributed by atoms with Crippen molar-refractivity contribution in [3.05, 3.63) is 0 Å². The first-order chi connectivity index (χ1) is 13.1. The summed E-state index contributed by atoms with van der Waals surface area (Å²) in [6.07, 6.45) is 23.0. The Hall–Kier alpha value is -1.06. The molecule has 160 valence electrons. The van der Waals surface area contributed by atoms with Crippen LogP contribution >= 0.6 is 0 Å². The van der Waals surface area contributed by atoms with Crippen LogP contribution in [-0.4, -0.2) is 35.5 Å². The Morgan fingerprint density at radius 1 is 0.630 bits per heavy atom. The lowest BCUT2D eigenvalue weighted by Crippen LogP contribution is -2.31. The molecule has 0 spiro atoms. The van der Waals surface area contributed by atoms with Gasteiger partial charge in [-0.2, -0.15) is 0 Å². The number of amides is 1. The van der Waals surface area contributed by atoms with Crippen LogP contribution in [0.1, 0.15) is 122 Å². The number of aliphatic carboxylic acids is 1. The van der Waals surface area contributed by atoms with Gasteiger partial charge in [-0.25, -0.2) is 0 Å². The first-order valence-corrected chi connectivity index (χ1v) is 11.5. The number of carbonyl (C=O) groups is 2. The number of rotatable bonds is 20. The van der Waals surface area contributed by atoms with Gasteiger partial charge in [-0.3, -0.25) is 9.59 Å². The van der Waals surface area contributed by atoms with Crippen molar-refractivity contribution < 1.29 is 14.7 Å². The molecule has 1 amide bonds. The fourth-order valence-corrected chi connectivity index (χ4v) is 3.48. The van der Waals surface area contributed by atoms with Crippen molar-refractivity contribution >= 4 is 11.9 Å². The molecule has 0 saturated heterocycles. The zero-order chi connectivity index (χ0) is 20.2. The van der Waals surface area contributed by atoms with Gasteiger partial charge in [0, 0.05) is 13.5 Å². The third kappa shape index (κ3) is 19.5. The molecular weight excluding hydrogens is 338 g/mol. The molecule has 0 radical (unpaired) electrons. The van der Waals surface area contributed by atoms with Gasteiger partial charge in [0.1, 0.15) is 6.54 Å². The monoisotopic (exact) mass is 383 g/mol. The fraction of sp³-hybridized carbons (Fsp3) is 0.913. The summed E-state index contributed by atoms with van der Waals surface area (Å²) in [5.74, 6) is -1.01. The zero-order valence-corrected chi connectivity index (χ0v) is 18.1. The second kappa shape index (κ2) is 19.7. The molecule has 27 heavy (non-hydrogen) atoms. The minimum atomic E-state index is -0.951. The summed E-state index contributed by atoms with van der Waals surface area (Å²) in [4.78, 5) is 23.6. The molecular formula is C23H45NO3. The molecule has 0 fully saturated rings. The second-order valence-electron chi connectivity index (χ2n) is 8.05. The van der Waals surface area contributed by atoms with E-state index in [4.69, 9.17) is 5.11 Å². The SMILES string of the molecule is CCCCCCCCCCCCCCCCCCCC(=O)N(C)CC(=O)O. The van der Waals surface area contributed by atoms with Crippen LogP contribution in [0.3, 0.4) is 0 Å². The number of likely N-dealkylation sites (N-methyl/N-ethyl adjacent to an activating group) is 1. The summed E-state index contributed by atoms with van der Waals surface area (Å²) in [6, 6.07) is 0. The number of unbranched alkanes of at least 4 members (excludes halogenated alkanes) is 16. The standard InChI is InChI=1S/C23H45NO3/c1-3-4-5-6-7-8-9-10-11-12-13-14-15-16-17-18-19-20-22(25)24(2)21-23(26)27/h3-21H2,1-2H3,(H,26,27). The molecule has 0 atom stereocenters. The van der Waals surface area contributed by atoms with E-state index in [-0.39, 0.29) is 12.5 Å². The number of carboxylic acids is 1. The van der Waals surface area contributed by atoms with Crippen LogP contribution in [0.25, 0.3) is 0 Å². The lowest BCUT2D eigenvalue weighted by atomic mass is 10.0. The number of carbonyl (C=O) groups excluding carboxylic acids is 1. The molecule has 0 unspecified atom stereocenters. The average Bonchev–Trinajstić information content (AvgIpc) is 2.63. The molecule has 0 aliphatic carbocycles. The zero-order valence-electron chi connectivity index (χ0n) is 18.1. The van der Waals surface area contributed by atoms with Crippen molar-refractivity contribution in [3.63, 3.8) is 0 Å². The molecule has 0 heterocycles. The Balaban J connectivity index is 3.19. The summed E-state index contributed by atoms with van der Waals surface area (Å²) in [5.41, 5.74) is 0. The number of carboxylic acid groups (broad SMARTS) is 1. The molecule has 0 aromatic carbocycles. The highest BCUT2D eigenvalue weighted by Crippen LogP contribution is 2.14. The maximum Gasteiger partial charge on any atom is 0.323 e. The second-order valence-corrected chi connectivity index (χ2v) is 8.05. The molecule has 4 nitrogen and oxygen atoms in total. The van der Waals surface area contributed by atoms with Gasteiger partial charge in [-0.15, -0.1) is 0 Å². The van der Waals surface area contributed by atoms with E-state index in [1.807, 2.05) is 0 Å². The Morgan fingerprint density at radius 3 is 1.30 bits per heavy atom. The van der Waals surface area contributed by atoms with E-state index in [0.29, 0.717) is 6.42 Å². The van der Waals surface area contributed by atoms with E-state index < -0.39 is 5.97 Å². The molecule has 0 aromatic heterocycles. The van der Waals surface area contributed by atoms with E-state index >= 15 is 0 Å². The van der Waals surface area contributed by atoms with Crippen molar-refractivity contribution in [1.82, 2.24) is 4.90 Å². The van der Waals surface area contributed by atoms with Crippen LogP contribution < -0.4 is 0 Å². The maximum absolute atomic E-state index is 11.7. The van der Waals surface area contributed by atoms with Crippen molar-refractivity contribution in [2.75, 3.05) is 13.6 Å². The summed E-state index contributed by atoms with van der Waals surface area (Å²) in [7, 11) is 1.56. The normalized spacial score (nSPS) is 10.9. The van der Waals surface area contributed by atoms with Crippen LogP contribution in [-0.2, 0) is 9.59 Å². The molecule has 0 bridgehead atoms. The molecule has 0 rings (SSSR count). The van der Waals surface area contributed by atoms with Crippen LogP contribution in [0.5, 0.6) is 0 Å². The summed E-state index contributed by atoms with van der Waals surface area (Å²) in [6.45, 7) is 2.08. The number of hydrogen-bond donors (Lipinski definition) is 1. The van der Waals surface area contributed by atoms with Crippen molar-refractivity contribution in [2.24, 2.45) is 0 Å². The predicted octanol–water partition coefficient (Wildman–Crippen LogP) is 6.57. The van der Waals surface area contributed by atoms with E-state index in [1.54, 1.807) is 7.05 Å². The van der Waals surface area contributed by atoms with Gasteiger partial charge < -0.3 is 10.0 Å². The highest BCUT2D eigenvalue weighted by molar-refractivity contribution is 5.80. The lowest BCUT2D eigenvalue weighted by Gasteiger charge is -2.14. The van der Waals surface area contributed by atoms with Crippen LogP contribution in [0.15, 0.2) is 0 Å². The molecule has 0 aromatic rings. The molecule has 0 saturated carbocycles. The first kappa shape index (κ1) is 25.9. The summed E-state index contributed by atoms with van der Waals surface area (Å²) >= 11 is 0. The third-order valence-electron chi connectivity index (χ3n) is 5.29. The van der Waals surface area contributed by atoms with Crippen molar-refractivity contribution in [3.8, 4) is 0 Å². The van der Waals surface area contributed by atoms with E-state index in [2.05, 4.69) is 6.92 Å². The van der Waals surface area contributed by atoms with Crippen LogP contribution in [0.4, 0.5) is 0 Å². The van der Waals surface area contributed by atoms with E-state index in [1.165, 1.54) is 101 Å². The maximum atomic E-state index is 11.7. The van der Waals surface area contributed by atoms with Gasteiger partial charge in [0.05, 0.1) is 0 Å². The van der Waals surface area contributed by atoms with Crippen molar-refractivity contribution in [1.29, 1.82) is 0 Å². The Kier molecular flexibility index (Phi) is 18.9. The minimum absolute atomic E-state index is 0.0571. The minimum Gasteiger partial charge on any atom is -0.480 e. The highest BCUT2D eigenvalue weighted by atomic mass is 16.4. The Bertz CT molecular complexity index is 358. The lowest BCUT2D eigenvalue weighted by molar-refractivity contribution is -0.143. The third-order valence-corrected chi connectivity index (χ3v) is 5.29. The fourth-order valence-electron chi connectivity index (χ4n) is 3.48. The van der Waals surface area contributed by atoms with Crippen LogP contribution in [0, 0.1) is 0 Å². The molecule has 0 aliphatic rings. The van der Waals surface area contributed by atoms with Gasteiger partial charge in [0.2, 0.25) is 5.91 Å². The van der Waals surface area contributed by atoms with Gasteiger partial charge in [0.15, 0.2) is 0 Å². The molecule has 0 aliphatic heterocycles. The quantitative estimate of drug-likeness (QED) is 0.242. The Labute approximate surface area is 168 Å². The molecule has 1 N–H and O–H groups in total. The molecule has 4 heteroatoms. The highest BCUT2D eigenvalue weighted by Gasteiger charge is 2.10. The van der Waals surface area contributed by atoms with Gasteiger partial charge >= 0.3 is 5.97 Å². The smallest absolute Gasteiger partial charge is 0.323 e. The predicted molar refractivity (Wildman–Crippen MR) is 114 cm³/mol. The average molecular weight is 384 g/mol.